The second-order valence-corrected chi connectivity index (χ2v) is 14.4. The van der Waals surface area contributed by atoms with Crippen molar-refractivity contribution < 1.29 is 31.2 Å². The Morgan fingerprint density at radius 1 is 1.22 bits per heavy atom. The number of amides is 2. The molecule has 13 nitrogen and oxygen atoms in total. The van der Waals surface area contributed by atoms with E-state index in [0.717, 1.165) is 23.8 Å². The van der Waals surface area contributed by atoms with Crippen LogP contribution in [0.2, 0.25) is 0 Å². The number of nitrogens with one attached hydrogen (secondary N) is 2. The molecule has 3 rings (SSSR count). The van der Waals surface area contributed by atoms with Crippen LogP contribution in [-0.2, 0) is 34.2 Å². The van der Waals surface area contributed by atoms with Gasteiger partial charge in [-0.25, -0.2) is 16.8 Å². The average Bonchev–Trinajstić information content (AvgIpc) is 3.43. The molecular formula is C26H38N6O7S2. The zero-order valence-corrected chi connectivity index (χ0v) is 24.6. The van der Waals surface area contributed by atoms with Crippen LogP contribution in [-0.4, -0.2) is 89.0 Å². The first-order valence-corrected chi connectivity index (χ1v) is 16.9. The second kappa shape index (κ2) is 13.6. The molecule has 1 saturated carbocycles. The first kappa shape index (κ1) is 32.2. The van der Waals surface area contributed by atoms with E-state index in [9.17, 15) is 31.2 Å². The van der Waals surface area contributed by atoms with Gasteiger partial charge >= 0.3 is 0 Å². The van der Waals surface area contributed by atoms with E-state index in [1.165, 1.54) is 17.0 Å². The molecular weight excluding hydrogens is 572 g/mol. The van der Waals surface area contributed by atoms with Crippen molar-refractivity contribution in [3.8, 4) is 0 Å². The van der Waals surface area contributed by atoms with E-state index >= 15 is 0 Å². The Bertz CT molecular complexity index is 1410. The minimum absolute atomic E-state index is 0.0582. The van der Waals surface area contributed by atoms with Crippen LogP contribution in [0.3, 0.4) is 0 Å². The standard InChI is InChI=1S/C26H38N6O7S2/c1-17-14-21(17)18-6-3-8-20(15-18)41(38,39)31-22(10-13-40(2,36)37)25(35)32-12-5-9-23(32)24(34)30-19(16-33)7-4-11-29-26(27)28/h3,6,8,15-16,19,21-23,31H,1,4-5,7,9-14H2,2H3,(H,30,34)(H4,27,28,29). The highest BCUT2D eigenvalue weighted by atomic mass is 32.2. The number of nitrogens with two attached hydrogens (primary N) is 2. The lowest BCUT2D eigenvalue weighted by atomic mass is 10.1. The Labute approximate surface area is 240 Å². The fourth-order valence-corrected chi connectivity index (χ4v) is 6.69. The number of guanidine groups is 1. The molecule has 41 heavy (non-hydrogen) atoms. The highest BCUT2D eigenvalue weighted by molar-refractivity contribution is 7.90. The lowest BCUT2D eigenvalue weighted by Gasteiger charge is -2.29. The number of aldehydes is 1. The van der Waals surface area contributed by atoms with Crippen molar-refractivity contribution in [1.29, 1.82) is 0 Å². The maximum absolute atomic E-state index is 13.6. The highest BCUT2D eigenvalue weighted by Gasteiger charge is 2.39. The molecule has 1 saturated heterocycles. The van der Waals surface area contributed by atoms with Crippen molar-refractivity contribution in [3.63, 3.8) is 0 Å². The molecule has 0 aromatic heterocycles. The number of carbonyl (C=O) groups is 3. The van der Waals surface area contributed by atoms with E-state index in [1.54, 1.807) is 12.1 Å². The molecule has 0 radical (unpaired) electrons. The molecule has 1 aromatic rings. The average molecular weight is 611 g/mol. The summed E-state index contributed by atoms with van der Waals surface area (Å²) >= 11 is 0. The molecule has 6 N–H and O–H groups in total. The summed E-state index contributed by atoms with van der Waals surface area (Å²) in [6, 6.07) is 3.11. The first-order valence-electron chi connectivity index (χ1n) is 13.3. The van der Waals surface area contributed by atoms with Gasteiger partial charge in [0.2, 0.25) is 21.8 Å². The summed E-state index contributed by atoms with van der Waals surface area (Å²) < 4.78 is 52.9. The summed E-state index contributed by atoms with van der Waals surface area (Å²) in [5.41, 5.74) is 12.4. The van der Waals surface area contributed by atoms with Gasteiger partial charge in [-0.2, -0.15) is 4.72 Å². The van der Waals surface area contributed by atoms with Crippen LogP contribution < -0.4 is 21.5 Å². The topological polar surface area (TPSA) is 211 Å². The van der Waals surface area contributed by atoms with Crippen molar-refractivity contribution in [3.05, 3.63) is 42.0 Å². The zero-order chi connectivity index (χ0) is 30.4. The number of rotatable bonds is 15. The van der Waals surface area contributed by atoms with Crippen molar-refractivity contribution >= 4 is 43.9 Å². The Morgan fingerprint density at radius 2 is 1.93 bits per heavy atom. The van der Waals surface area contributed by atoms with Gasteiger partial charge in [0.1, 0.15) is 28.2 Å². The largest absolute Gasteiger partial charge is 0.370 e. The van der Waals surface area contributed by atoms with Gasteiger partial charge in [0, 0.05) is 25.3 Å². The fourth-order valence-electron chi connectivity index (χ4n) is 4.75. The molecule has 1 aliphatic heterocycles. The summed E-state index contributed by atoms with van der Waals surface area (Å²) in [6.45, 7) is 4.36. The molecule has 1 aromatic carbocycles. The monoisotopic (exact) mass is 610 g/mol. The molecule has 226 valence electrons. The van der Waals surface area contributed by atoms with Gasteiger partial charge in [-0.15, -0.1) is 0 Å². The number of hydrogen-bond acceptors (Lipinski definition) is 8. The molecule has 1 heterocycles. The van der Waals surface area contributed by atoms with Crippen molar-refractivity contribution in [1.82, 2.24) is 14.9 Å². The van der Waals surface area contributed by atoms with Crippen LogP contribution in [0.5, 0.6) is 0 Å². The number of benzene rings is 1. The van der Waals surface area contributed by atoms with E-state index in [0.29, 0.717) is 25.5 Å². The Hall–Kier alpha value is -3.30. The number of carbonyl (C=O) groups excluding carboxylic acids is 3. The minimum Gasteiger partial charge on any atom is -0.370 e. The quantitative estimate of drug-likeness (QED) is 0.0664. The minimum atomic E-state index is -4.22. The summed E-state index contributed by atoms with van der Waals surface area (Å²) in [5, 5.41) is 2.62. The fraction of sp³-hybridized carbons (Fsp3) is 0.538. The molecule has 4 atom stereocenters. The number of sulfonamides is 1. The Balaban J connectivity index is 1.76. The van der Waals surface area contributed by atoms with E-state index in [1.807, 2.05) is 0 Å². The SMILES string of the molecule is C=C1CC1c1cccc(S(=O)(=O)NC(CCS(C)(=O)=O)C(=O)N2CCCC2C(=O)NC(C=O)CCCN=C(N)N)c1. The predicted octanol–water partition coefficient (Wildman–Crippen LogP) is -0.460. The van der Waals surface area contributed by atoms with E-state index < -0.39 is 55.6 Å². The van der Waals surface area contributed by atoms with E-state index in [4.69, 9.17) is 11.5 Å². The Morgan fingerprint density at radius 3 is 2.54 bits per heavy atom. The number of likely N-dealkylation sites (tertiary alicyclic amines) is 1. The van der Waals surface area contributed by atoms with Crippen LogP contribution in [0, 0.1) is 0 Å². The number of nitrogens with zero attached hydrogens (tertiary/aromatic N) is 2. The van der Waals surface area contributed by atoms with Gasteiger partial charge in [0.15, 0.2) is 5.96 Å². The van der Waals surface area contributed by atoms with Gasteiger partial charge < -0.3 is 26.5 Å². The van der Waals surface area contributed by atoms with Gasteiger partial charge in [-0.1, -0.05) is 24.3 Å². The smallest absolute Gasteiger partial charge is 0.243 e. The maximum Gasteiger partial charge on any atom is 0.243 e. The summed E-state index contributed by atoms with van der Waals surface area (Å²) in [4.78, 5) is 43.3. The van der Waals surface area contributed by atoms with Crippen LogP contribution in [0.15, 0.2) is 46.3 Å². The molecule has 4 unspecified atom stereocenters. The van der Waals surface area contributed by atoms with Gasteiger partial charge in [-0.05, 0) is 56.2 Å². The number of hydrogen-bond donors (Lipinski definition) is 4. The number of aliphatic imine (C=N–C) groups is 1. The maximum atomic E-state index is 13.6. The van der Waals surface area contributed by atoms with Crippen molar-refractivity contribution in [2.75, 3.05) is 25.1 Å². The van der Waals surface area contributed by atoms with Gasteiger partial charge in [0.25, 0.3) is 0 Å². The zero-order valence-electron chi connectivity index (χ0n) is 23.0. The van der Waals surface area contributed by atoms with Crippen LogP contribution in [0.1, 0.15) is 50.0 Å². The van der Waals surface area contributed by atoms with E-state index in [-0.39, 0.29) is 42.7 Å². The van der Waals surface area contributed by atoms with E-state index in [2.05, 4.69) is 21.6 Å². The molecule has 0 spiro atoms. The van der Waals surface area contributed by atoms with Gasteiger partial charge in [0.05, 0.1) is 16.7 Å². The van der Waals surface area contributed by atoms with Crippen molar-refractivity contribution in [2.24, 2.45) is 16.5 Å². The van der Waals surface area contributed by atoms with Crippen LogP contribution in [0.25, 0.3) is 0 Å². The lowest BCUT2D eigenvalue weighted by Crippen LogP contribution is -2.55. The molecule has 15 heteroatoms. The third-order valence-corrected chi connectivity index (χ3v) is 9.49. The summed E-state index contributed by atoms with van der Waals surface area (Å²) in [5.74, 6) is -1.71. The van der Waals surface area contributed by atoms with Crippen LogP contribution in [0.4, 0.5) is 0 Å². The third kappa shape index (κ3) is 9.36. The Kier molecular flexibility index (Phi) is 10.7. The third-order valence-electron chi connectivity index (χ3n) is 7.04. The molecule has 2 aliphatic rings. The predicted molar refractivity (Wildman–Crippen MR) is 154 cm³/mol. The number of allylic oxidation sites excluding steroid dienone is 1. The molecule has 2 fully saturated rings. The highest BCUT2D eigenvalue weighted by Crippen LogP contribution is 2.45. The molecule has 1 aliphatic carbocycles. The lowest BCUT2D eigenvalue weighted by molar-refractivity contribution is -0.140. The summed E-state index contributed by atoms with van der Waals surface area (Å²) in [7, 11) is -7.76. The molecule has 2 amide bonds. The summed E-state index contributed by atoms with van der Waals surface area (Å²) in [6.07, 6.45) is 3.51. The van der Waals surface area contributed by atoms with Crippen LogP contribution >= 0.6 is 0 Å². The second-order valence-electron chi connectivity index (χ2n) is 10.5. The first-order chi connectivity index (χ1) is 19.2. The van der Waals surface area contributed by atoms with Gasteiger partial charge in [-0.3, -0.25) is 14.6 Å². The molecule has 0 bridgehead atoms. The number of sulfone groups is 1. The normalized spacial score (nSPS) is 20.2. The van der Waals surface area contributed by atoms with Crippen molar-refractivity contribution in [2.45, 2.75) is 67.5 Å².